The first-order valence-electron chi connectivity index (χ1n) is 18.8. The van der Waals surface area contributed by atoms with E-state index in [4.69, 9.17) is 4.42 Å². The fourth-order valence-electron chi connectivity index (χ4n) is 8.50. The molecule has 11 aromatic rings. The molecule has 11 rings (SSSR count). The van der Waals surface area contributed by atoms with Gasteiger partial charge in [-0.2, -0.15) is 0 Å². The van der Waals surface area contributed by atoms with E-state index in [1.807, 2.05) is 0 Å². The van der Waals surface area contributed by atoms with Crippen molar-refractivity contribution in [3.8, 4) is 27.9 Å². The maximum absolute atomic E-state index is 6.93. The van der Waals surface area contributed by atoms with Crippen LogP contribution in [0.15, 0.2) is 211 Å². The molecule has 0 atom stereocenters. The average molecular weight is 703 g/mol. The Balaban J connectivity index is 1.12. The highest BCUT2D eigenvalue weighted by molar-refractivity contribution is 6.25. The van der Waals surface area contributed by atoms with E-state index in [1.165, 1.54) is 54.8 Å². The monoisotopic (exact) mass is 702 g/mol. The summed E-state index contributed by atoms with van der Waals surface area (Å²) in [5.74, 6) is 0. The summed E-state index contributed by atoms with van der Waals surface area (Å²) in [4.78, 5) is 2.30. The van der Waals surface area contributed by atoms with E-state index in [-0.39, 0.29) is 0 Å². The average Bonchev–Trinajstić information content (AvgIpc) is 3.81. The van der Waals surface area contributed by atoms with Crippen molar-refractivity contribution in [3.05, 3.63) is 206 Å². The summed E-state index contributed by atoms with van der Waals surface area (Å²) in [5, 5.41) is 7.07. The number of furan rings is 1. The third-order valence-electron chi connectivity index (χ3n) is 11.0. The molecule has 2 aromatic heterocycles. The fourth-order valence-corrected chi connectivity index (χ4v) is 8.50. The van der Waals surface area contributed by atoms with Gasteiger partial charge in [0, 0.05) is 44.0 Å². The van der Waals surface area contributed by atoms with Gasteiger partial charge in [0.05, 0.1) is 16.7 Å². The summed E-state index contributed by atoms with van der Waals surface area (Å²) < 4.78 is 9.30. The van der Waals surface area contributed by atoms with E-state index in [1.54, 1.807) is 0 Å². The van der Waals surface area contributed by atoms with E-state index in [9.17, 15) is 0 Å². The molecule has 0 N–H and O–H groups in total. The number of para-hydroxylation sites is 4. The van der Waals surface area contributed by atoms with Gasteiger partial charge in [-0.15, -0.1) is 0 Å². The van der Waals surface area contributed by atoms with Gasteiger partial charge in [0.25, 0.3) is 0 Å². The third kappa shape index (κ3) is 5.05. The number of nitrogens with zero attached hydrogens (tertiary/aromatic N) is 2. The van der Waals surface area contributed by atoms with Crippen LogP contribution in [0.4, 0.5) is 17.1 Å². The van der Waals surface area contributed by atoms with E-state index in [0.29, 0.717) is 0 Å². The zero-order valence-electron chi connectivity index (χ0n) is 29.9. The van der Waals surface area contributed by atoms with Crippen LogP contribution < -0.4 is 4.90 Å². The largest absolute Gasteiger partial charge is 0.454 e. The molecule has 0 aliphatic carbocycles. The second kappa shape index (κ2) is 12.6. The Labute approximate surface area is 318 Å². The molecule has 0 aliphatic rings. The summed E-state index contributed by atoms with van der Waals surface area (Å²) in [6.45, 7) is 0. The molecule has 0 fully saturated rings. The Morgan fingerprint density at radius 2 is 1.04 bits per heavy atom. The highest BCUT2D eigenvalue weighted by atomic mass is 16.3. The lowest BCUT2D eigenvalue weighted by Gasteiger charge is -2.25. The molecule has 0 unspecified atom stereocenters. The molecule has 0 saturated heterocycles. The zero-order chi connectivity index (χ0) is 36.3. The fraction of sp³-hybridized carbons (Fsp3) is 0. The lowest BCUT2D eigenvalue weighted by Crippen LogP contribution is -2.10. The van der Waals surface area contributed by atoms with E-state index in [0.717, 1.165) is 44.7 Å². The van der Waals surface area contributed by atoms with Gasteiger partial charge in [-0.05, 0) is 94.4 Å². The molecule has 3 heteroatoms. The Bertz CT molecular complexity index is 3180. The van der Waals surface area contributed by atoms with E-state index >= 15 is 0 Å². The molecule has 0 amide bonds. The van der Waals surface area contributed by atoms with Gasteiger partial charge in [-0.3, -0.25) is 0 Å². The molecular weight excluding hydrogens is 669 g/mol. The topological polar surface area (TPSA) is 21.3 Å². The summed E-state index contributed by atoms with van der Waals surface area (Å²) in [6.07, 6.45) is 0. The second-order valence-corrected chi connectivity index (χ2v) is 14.1. The van der Waals surface area contributed by atoms with Crippen LogP contribution in [-0.4, -0.2) is 4.57 Å². The smallest absolute Gasteiger partial charge is 0.159 e. The van der Waals surface area contributed by atoms with Crippen molar-refractivity contribution < 1.29 is 4.42 Å². The molecular formula is C52H34N2O. The van der Waals surface area contributed by atoms with Crippen molar-refractivity contribution in [2.75, 3.05) is 4.90 Å². The van der Waals surface area contributed by atoms with Gasteiger partial charge in [-0.1, -0.05) is 140 Å². The van der Waals surface area contributed by atoms with Gasteiger partial charge >= 0.3 is 0 Å². The maximum Gasteiger partial charge on any atom is 0.159 e. The lowest BCUT2D eigenvalue weighted by molar-refractivity contribution is 0.669. The highest BCUT2D eigenvalue weighted by Crippen LogP contribution is 2.46. The molecule has 2 heterocycles. The van der Waals surface area contributed by atoms with Crippen LogP contribution in [0, 0.1) is 0 Å². The van der Waals surface area contributed by atoms with Crippen LogP contribution in [0.1, 0.15) is 0 Å². The number of aromatic nitrogens is 1. The predicted molar refractivity (Wildman–Crippen MR) is 231 cm³/mol. The zero-order valence-corrected chi connectivity index (χ0v) is 29.9. The van der Waals surface area contributed by atoms with Gasteiger partial charge in [0.2, 0.25) is 0 Å². The summed E-state index contributed by atoms with van der Waals surface area (Å²) in [6, 6.07) is 73.7. The number of hydrogen-bond acceptors (Lipinski definition) is 2. The molecule has 0 bridgehead atoms. The summed E-state index contributed by atoms with van der Waals surface area (Å²) >= 11 is 0. The van der Waals surface area contributed by atoms with Crippen LogP contribution in [0.5, 0.6) is 0 Å². The first-order valence-corrected chi connectivity index (χ1v) is 18.8. The second-order valence-electron chi connectivity index (χ2n) is 14.1. The predicted octanol–water partition coefficient (Wildman–Crippen LogP) is 14.6. The standard InChI is InChI=1S/C52H34N2O/c1-4-14-35(15-5-1)36-26-30-41(31-27-36)53(39-17-6-2-7-18-39)48-25-13-23-44-51-49(55-52(44)48)33-29-37-16-12-22-42(50(37)51)38-28-32-47-45(34-38)43-21-10-11-24-46(43)54(47)40-19-8-3-9-20-40/h1-34H. The van der Waals surface area contributed by atoms with Crippen molar-refractivity contribution in [1.29, 1.82) is 0 Å². The van der Waals surface area contributed by atoms with Gasteiger partial charge in [-0.25, -0.2) is 0 Å². The Morgan fingerprint density at radius 1 is 0.400 bits per heavy atom. The quantitative estimate of drug-likeness (QED) is 0.172. The van der Waals surface area contributed by atoms with Crippen molar-refractivity contribution >= 4 is 71.6 Å². The molecule has 3 nitrogen and oxygen atoms in total. The molecule has 0 aliphatic heterocycles. The summed E-state index contributed by atoms with van der Waals surface area (Å²) in [5.41, 5.74) is 13.1. The molecule has 9 aromatic carbocycles. The lowest BCUT2D eigenvalue weighted by atomic mass is 9.93. The van der Waals surface area contributed by atoms with Crippen LogP contribution >= 0.6 is 0 Å². The van der Waals surface area contributed by atoms with Crippen molar-refractivity contribution in [2.45, 2.75) is 0 Å². The van der Waals surface area contributed by atoms with Crippen molar-refractivity contribution in [2.24, 2.45) is 0 Å². The number of anilines is 3. The number of fused-ring (bicyclic) bond motifs is 8. The minimum atomic E-state index is 0.858. The molecule has 0 radical (unpaired) electrons. The first kappa shape index (κ1) is 31.2. The van der Waals surface area contributed by atoms with Crippen LogP contribution in [0.25, 0.3) is 82.5 Å². The number of benzene rings is 9. The summed E-state index contributed by atoms with van der Waals surface area (Å²) in [7, 11) is 0. The number of rotatable bonds is 6. The normalized spacial score (nSPS) is 11.6. The minimum Gasteiger partial charge on any atom is -0.454 e. The molecule has 258 valence electrons. The van der Waals surface area contributed by atoms with Crippen molar-refractivity contribution in [3.63, 3.8) is 0 Å². The first-order chi connectivity index (χ1) is 27.3. The Kier molecular flexibility index (Phi) is 7.17. The van der Waals surface area contributed by atoms with E-state index in [2.05, 4.69) is 216 Å². The van der Waals surface area contributed by atoms with Gasteiger partial charge < -0.3 is 13.9 Å². The molecule has 0 saturated carbocycles. The highest BCUT2D eigenvalue weighted by Gasteiger charge is 2.22. The maximum atomic E-state index is 6.93. The van der Waals surface area contributed by atoms with Crippen molar-refractivity contribution in [1.82, 2.24) is 4.57 Å². The number of hydrogen-bond donors (Lipinski definition) is 0. The van der Waals surface area contributed by atoms with Crippen LogP contribution in [0.2, 0.25) is 0 Å². The molecule has 0 spiro atoms. The SMILES string of the molecule is c1ccc(-c2ccc(N(c3ccccc3)c3cccc4c3oc3ccc5cccc(-c6ccc7c(c6)c6ccccc6n7-c6ccccc6)c5c34)cc2)cc1. The van der Waals surface area contributed by atoms with Gasteiger partial charge in [0.15, 0.2) is 5.58 Å². The molecule has 55 heavy (non-hydrogen) atoms. The Morgan fingerprint density at radius 3 is 1.85 bits per heavy atom. The third-order valence-corrected chi connectivity index (χ3v) is 11.0. The van der Waals surface area contributed by atoms with Crippen LogP contribution in [-0.2, 0) is 0 Å². The van der Waals surface area contributed by atoms with Crippen LogP contribution in [0.3, 0.4) is 0 Å². The Hall–Kier alpha value is -7.36. The van der Waals surface area contributed by atoms with E-state index < -0.39 is 0 Å². The van der Waals surface area contributed by atoms with Gasteiger partial charge in [0.1, 0.15) is 5.58 Å². The minimum absolute atomic E-state index is 0.858.